The number of methoxy groups -OCH3 is 1. The van der Waals surface area contributed by atoms with Crippen LogP contribution in [0.1, 0.15) is 18.0 Å². The Morgan fingerprint density at radius 2 is 2.29 bits per heavy atom. The number of hydrogen-bond donors (Lipinski definition) is 1. The van der Waals surface area contributed by atoms with Crippen molar-refractivity contribution in [3.8, 4) is 5.75 Å². The first-order valence-corrected chi connectivity index (χ1v) is 5.76. The summed E-state index contributed by atoms with van der Waals surface area (Å²) in [4.78, 5) is 11.1. The molecule has 1 amide bonds. The molecule has 1 N–H and O–H groups in total. The Labute approximate surface area is 114 Å². The maximum absolute atomic E-state index is 11.1. The van der Waals surface area contributed by atoms with Gasteiger partial charge in [0, 0.05) is 10.9 Å². The Balaban J connectivity index is 0.00000144. The zero-order chi connectivity index (χ0) is 11.5. The van der Waals surface area contributed by atoms with E-state index in [1.165, 1.54) is 0 Å². The smallest absolute Gasteiger partial charge is 0.407 e. The van der Waals surface area contributed by atoms with Crippen LogP contribution in [0, 0.1) is 0 Å². The van der Waals surface area contributed by atoms with Crippen molar-refractivity contribution >= 4 is 34.4 Å². The Morgan fingerprint density at radius 1 is 1.53 bits per heavy atom. The van der Waals surface area contributed by atoms with Gasteiger partial charge in [0.05, 0.1) is 19.8 Å². The summed E-state index contributed by atoms with van der Waals surface area (Å²) in [5.41, 5.74) is 1.01. The number of carbonyl (C=O) groups excluding carboxylic acids is 1. The van der Waals surface area contributed by atoms with Crippen LogP contribution in [0.15, 0.2) is 22.7 Å². The molecule has 6 heteroatoms. The van der Waals surface area contributed by atoms with Crippen molar-refractivity contribution in [3.05, 3.63) is 28.2 Å². The van der Waals surface area contributed by atoms with Gasteiger partial charge in [0.1, 0.15) is 5.75 Å². The molecule has 17 heavy (non-hydrogen) atoms. The fourth-order valence-electron chi connectivity index (χ4n) is 1.67. The number of benzene rings is 1. The molecule has 1 aliphatic rings. The first-order valence-electron chi connectivity index (χ1n) is 4.97. The third kappa shape index (κ3) is 3.26. The number of cyclic esters (lactones) is 1. The van der Waals surface area contributed by atoms with E-state index >= 15 is 0 Å². The van der Waals surface area contributed by atoms with E-state index in [9.17, 15) is 4.79 Å². The molecule has 2 rings (SSSR count). The normalized spacial score (nSPS) is 18.7. The third-order valence-electron chi connectivity index (χ3n) is 2.51. The molecule has 1 aliphatic heterocycles. The van der Waals surface area contributed by atoms with Gasteiger partial charge in [-0.25, -0.2) is 4.79 Å². The number of rotatable bonds is 2. The minimum atomic E-state index is -0.369. The summed E-state index contributed by atoms with van der Waals surface area (Å²) < 4.78 is 11.0. The van der Waals surface area contributed by atoms with Gasteiger partial charge in [-0.05, 0) is 23.8 Å². The van der Waals surface area contributed by atoms with Gasteiger partial charge < -0.3 is 14.8 Å². The number of amides is 1. The van der Waals surface area contributed by atoms with Crippen molar-refractivity contribution in [3.63, 3.8) is 0 Å². The van der Waals surface area contributed by atoms with Gasteiger partial charge in [0.15, 0.2) is 0 Å². The predicted octanol–water partition coefficient (Wildman–Crippen LogP) is 3.05. The minimum Gasteiger partial charge on any atom is -0.497 e. The fraction of sp³-hybridized carbons (Fsp3) is 0.364. The summed E-state index contributed by atoms with van der Waals surface area (Å²) >= 11 is 3.47. The molecule has 1 atom stereocenters. The van der Waals surface area contributed by atoms with E-state index in [0.717, 1.165) is 22.2 Å². The van der Waals surface area contributed by atoms with Gasteiger partial charge in [0.25, 0.3) is 0 Å². The molecule has 0 unspecified atom stereocenters. The van der Waals surface area contributed by atoms with Crippen molar-refractivity contribution in [1.82, 2.24) is 5.32 Å². The Bertz CT molecular complexity index is 414. The number of nitrogens with one attached hydrogen (secondary N) is 1. The van der Waals surface area contributed by atoms with Gasteiger partial charge in [-0.3, -0.25) is 0 Å². The Hall–Kier alpha value is -0.940. The monoisotopic (exact) mass is 321 g/mol. The molecular weight excluding hydrogens is 309 g/mol. The molecule has 1 saturated heterocycles. The van der Waals surface area contributed by atoms with E-state index < -0.39 is 0 Å². The van der Waals surface area contributed by atoms with Crippen LogP contribution in [-0.4, -0.2) is 19.8 Å². The highest BCUT2D eigenvalue weighted by atomic mass is 79.9. The molecule has 0 spiro atoms. The summed E-state index contributed by atoms with van der Waals surface area (Å²) in [6.07, 6.45) is 0.392. The number of hydrogen-bond acceptors (Lipinski definition) is 3. The molecule has 0 aromatic heterocycles. The Kier molecular flexibility index (Phi) is 5.08. The summed E-state index contributed by atoms with van der Waals surface area (Å²) in [5, 5.41) is 2.78. The SMILES string of the molecule is COc1ccc(Br)c([C@H]2CCOC(=O)N2)c1.Cl. The maximum atomic E-state index is 11.1. The van der Waals surface area contributed by atoms with Crippen LogP contribution in [0.4, 0.5) is 4.79 Å². The highest BCUT2D eigenvalue weighted by Gasteiger charge is 2.22. The zero-order valence-electron chi connectivity index (χ0n) is 9.23. The number of carbonyl (C=O) groups is 1. The quantitative estimate of drug-likeness (QED) is 0.910. The first kappa shape index (κ1) is 14.1. The molecule has 0 aliphatic carbocycles. The van der Waals surface area contributed by atoms with Crippen LogP contribution in [0.3, 0.4) is 0 Å². The van der Waals surface area contributed by atoms with Crippen molar-refractivity contribution in [1.29, 1.82) is 0 Å². The zero-order valence-corrected chi connectivity index (χ0v) is 11.6. The standard InChI is InChI=1S/C11H12BrNO3.ClH/c1-15-7-2-3-9(12)8(6-7)10-4-5-16-11(14)13-10;/h2-3,6,10H,4-5H2,1H3,(H,13,14);1H/t10-;/m1./s1. The van der Waals surface area contributed by atoms with E-state index in [2.05, 4.69) is 21.2 Å². The highest BCUT2D eigenvalue weighted by molar-refractivity contribution is 9.10. The van der Waals surface area contributed by atoms with Gasteiger partial charge >= 0.3 is 6.09 Å². The van der Waals surface area contributed by atoms with E-state index in [1.54, 1.807) is 7.11 Å². The molecule has 1 aromatic carbocycles. The van der Waals surface area contributed by atoms with E-state index in [-0.39, 0.29) is 24.5 Å². The molecule has 1 aromatic rings. The lowest BCUT2D eigenvalue weighted by Gasteiger charge is -2.24. The molecule has 1 fully saturated rings. The van der Waals surface area contributed by atoms with E-state index in [4.69, 9.17) is 9.47 Å². The molecule has 1 heterocycles. The van der Waals surface area contributed by atoms with Gasteiger partial charge in [0.2, 0.25) is 0 Å². The fourth-order valence-corrected chi connectivity index (χ4v) is 2.20. The van der Waals surface area contributed by atoms with Crippen LogP contribution < -0.4 is 10.1 Å². The predicted molar refractivity (Wildman–Crippen MR) is 69.8 cm³/mol. The van der Waals surface area contributed by atoms with Gasteiger partial charge in [-0.2, -0.15) is 0 Å². The first-order chi connectivity index (χ1) is 7.70. The second-order valence-corrected chi connectivity index (χ2v) is 4.36. The molecule has 4 nitrogen and oxygen atoms in total. The summed E-state index contributed by atoms with van der Waals surface area (Å²) in [6, 6.07) is 5.68. The summed E-state index contributed by atoms with van der Waals surface area (Å²) in [5.74, 6) is 0.777. The van der Waals surface area contributed by atoms with Crippen LogP contribution in [-0.2, 0) is 4.74 Å². The number of halogens is 2. The average molecular weight is 323 g/mol. The minimum absolute atomic E-state index is 0. The largest absolute Gasteiger partial charge is 0.497 e. The van der Waals surface area contributed by atoms with Crippen LogP contribution in [0.25, 0.3) is 0 Å². The van der Waals surface area contributed by atoms with Crippen LogP contribution in [0.5, 0.6) is 5.75 Å². The topological polar surface area (TPSA) is 47.6 Å². The van der Waals surface area contributed by atoms with Gasteiger partial charge in [-0.15, -0.1) is 12.4 Å². The van der Waals surface area contributed by atoms with Crippen molar-refractivity contribution in [2.24, 2.45) is 0 Å². The van der Waals surface area contributed by atoms with E-state index in [1.807, 2.05) is 18.2 Å². The third-order valence-corrected chi connectivity index (χ3v) is 3.23. The molecule has 0 saturated carbocycles. The van der Waals surface area contributed by atoms with Gasteiger partial charge in [-0.1, -0.05) is 15.9 Å². The Morgan fingerprint density at radius 3 is 2.94 bits per heavy atom. The van der Waals surface area contributed by atoms with Crippen molar-refractivity contribution in [2.45, 2.75) is 12.5 Å². The maximum Gasteiger partial charge on any atom is 0.407 e. The highest BCUT2D eigenvalue weighted by Crippen LogP contribution is 2.30. The van der Waals surface area contributed by atoms with Crippen LogP contribution in [0.2, 0.25) is 0 Å². The molecule has 0 radical (unpaired) electrons. The molecular formula is C11H13BrClNO3. The molecule has 0 bridgehead atoms. The molecule has 94 valence electrons. The number of ether oxygens (including phenoxy) is 2. The van der Waals surface area contributed by atoms with Crippen molar-refractivity contribution in [2.75, 3.05) is 13.7 Å². The number of alkyl carbamates (subject to hydrolysis) is 1. The van der Waals surface area contributed by atoms with Crippen LogP contribution >= 0.6 is 28.3 Å². The lowest BCUT2D eigenvalue weighted by Crippen LogP contribution is -2.35. The lowest BCUT2D eigenvalue weighted by molar-refractivity contribution is 0.115. The second kappa shape index (κ2) is 6.12. The summed E-state index contributed by atoms with van der Waals surface area (Å²) in [7, 11) is 1.62. The second-order valence-electron chi connectivity index (χ2n) is 3.51. The lowest BCUT2D eigenvalue weighted by atomic mass is 10.0. The van der Waals surface area contributed by atoms with Crippen molar-refractivity contribution < 1.29 is 14.3 Å². The van der Waals surface area contributed by atoms with E-state index in [0.29, 0.717) is 6.61 Å². The summed E-state index contributed by atoms with van der Waals surface area (Å²) in [6.45, 7) is 0.445. The average Bonchev–Trinajstić information content (AvgIpc) is 2.30.